The van der Waals surface area contributed by atoms with E-state index in [4.69, 9.17) is 10.7 Å². The van der Waals surface area contributed by atoms with Crippen LogP contribution in [0.5, 0.6) is 0 Å². The molecule has 1 aliphatic heterocycles. The van der Waals surface area contributed by atoms with Crippen molar-refractivity contribution >= 4 is 32.5 Å². The third-order valence-electron chi connectivity index (χ3n) is 5.07. The summed E-state index contributed by atoms with van der Waals surface area (Å²) in [6.45, 7) is 1.79. The fourth-order valence-corrected chi connectivity index (χ4v) is 4.53. The number of nitrogens with zero attached hydrogens (tertiary/aromatic N) is 4. The summed E-state index contributed by atoms with van der Waals surface area (Å²) in [5, 5.41) is 13.4. The first-order valence-electron chi connectivity index (χ1n) is 9.31. The van der Waals surface area contributed by atoms with Crippen LogP contribution in [0.25, 0.3) is 10.2 Å². The van der Waals surface area contributed by atoms with Gasteiger partial charge in [-0.15, -0.1) is 11.3 Å². The number of piperidine rings is 1. The Bertz CT molecular complexity index is 1110. The van der Waals surface area contributed by atoms with Crippen LogP contribution in [0, 0.1) is 11.3 Å². The van der Waals surface area contributed by atoms with Gasteiger partial charge in [0, 0.05) is 26.2 Å². The summed E-state index contributed by atoms with van der Waals surface area (Å²) in [5.74, 6) is 0.626. The van der Waals surface area contributed by atoms with E-state index in [2.05, 4.69) is 16.3 Å². The fraction of sp³-hybridized carbons (Fsp3) is 0.350. The highest BCUT2D eigenvalue weighted by molar-refractivity contribution is 7.22. The molecule has 3 aromatic rings. The normalized spacial score (nSPS) is 16.9. The number of nitrogens with one attached hydrogen (secondary N) is 1. The van der Waals surface area contributed by atoms with Crippen LogP contribution in [0.2, 0.25) is 0 Å². The van der Waals surface area contributed by atoms with Crippen LogP contribution in [0.4, 0.5) is 10.9 Å². The Balaban J connectivity index is 1.88. The zero-order valence-electron chi connectivity index (χ0n) is 15.7. The van der Waals surface area contributed by atoms with Gasteiger partial charge in [0.05, 0.1) is 28.7 Å². The van der Waals surface area contributed by atoms with Crippen molar-refractivity contribution in [1.29, 1.82) is 5.26 Å². The second-order valence-electron chi connectivity index (χ2n) is 7.00. The lowest BCUT2D eigenvalue weighted by Crippen LogP contribution is -2.45. The van der Waals surface area contributed by atoms with Crippen molar-refractivity contribution in [2.24, 2.45) is 5.73 Å². The SMILES string of the molecule is CNc1cc2nc(N3CCCC(N)C3)n(Cc3ccccc3C#N)c(=O)c2s1. The zero-order chi connectivity index (χ0) is 19.7. The first-order valence-corrected chi connectivity index (χ1v) is 10.1. The second kappa shape index (κ2) is 7.62. The van der Waals surface area contributed by atoms with Gasteiger partial charge in [0.1, 0.15) is 4.70 Å². The van der Waals surface area contributed by atoms with Gasteiger partial charge in [0.15, 0.2) is 0 Å². The minimum absolute atomic E-state index is 0.0662. The number of anilines is 2. The summed E-state index contributed by atoms with van der Waals surface area (Å²) in [5.41, 5.74) is 8.16. The van der Waals surface area contributed by atoms with Gasteiger partial charge in [0.25, 0.3) is 5.56 Å². The number of benzene rings is 1. The van der Waals surface area contributed by atoms with Gasteiger partial charge in [0.2, 0.25) is 5.95 Å². The Morgan fingerprint density at radius 2 is 2.25 bits per heavy atom. The molecular formula is C20H22N6OS. The molecule has 0 amide bonds. The molecule has 1 aromatic carbocycles. The van der Waals surface area contributed by atoms with Crippen LogP contribution in [0.3, 0.4) is 0 Å². The molecule has 2 aromatic heterocycles. The number of rotatable bonds is 4. The molecule has 1 unspecified atom stereocenters. The topological polar surface area (TPSA) is 100.0 Å². The van der Waals surface area contributed by atoms with E-state index in [0.29, 0.717) is 34.8 Å². The molecule has 1 saturated heterocycles. The molecule has 7 nitrogen and oxygen atoms in total. The van der Waals surface area contributed by atoms with Gasteiger partial charge >= 0.3 is 0 Å². The van der Waals surface area contributed by atoms with Crippen LogP contribution in [0.15, 0.2) is 35.1 Å². The highest BCUT2D eigenvalue weighted by atomic mass is 32.1. The number of thiophene rings is 1. The number of hydrogen-bond donors (Lipinski definition) is 2. The maximum absolute atomic E-state index is 13.4. The average Bonchev–Trinajstić information content (AvgIpc) is 3.14. The highest BCUT2D eigenvalue weighted by Gasteiger charge is 2.23. The smallest absolute Gasteiger partial charge is 0.273 e. The van der Waals surface area contributed by atoms with Gasteiger partial charge in [-0.1, -0.05) is 18.2 Å². The lowest BCUT2D eigenvalue weighted by Gasteiger charge is -2.33. The van der Waals surface area contributed by atoms with E-state index in [1.807, 2.05) is 31.3 Å². The maximum Gasteiger partial charge on any atom is 0.273 e. The van der Waals surface area contributed by atoms with E-state index in [1.54, 1.807) is 10.6 Å². The van der Waals surface area contributed by atoms with Gasteiger partial charge in [-0.3, -0.25) is 9.36 Å². The molecule has 3 heterocycles. The summed E-state index contributed by atoms with van der Waals surface area (Å²) in [6, 6.07) is 11.6. The fourth-order valence-electron chi connectivity index (χ4n) is 3.64. The zero-order valence-corrected chi connectivity index (χ0v) is 16.5. The molecule has 0 saturated carbocycles. The minimum atomic E-state index is -0.0848. The van der Waals surface area contributed by atoms with Crippen LogP contribution in [-0.2, 0) is 6.54 Å². The molecule has 3 N–H and O–H groups in total. The van der Waals surface area contributed by atoms with Crippen molar-refractivity contribution in [2.75, 3.05) is 30.4 Å². The first-order chi connectivity index (χ1) is 13.6. The van der Waals surface area contributed by atoms with E-state index in [-0.39, 0.29) is 11.6 Å². The maximum atomic E-state index is 13.4. The van der Waals surface area contributed by atoms with E-state index >= 15 is 0 Å². The minimum Gasteiger partial charge on any atom is -0.380 e. The van der Waals surface area contributed by atoms with Gasteiger partial charge in [-0.2, -0.15) is 5.26 Å². The summed E-state index contributed by atoms with van der Waals surface area (Å²) < 4.78 is 2.30. The van der Waals surface area contributed by atoms with E-state index in [9.17, 15) is 10.1 Å². The third kappa shape index (κ3) is 3.35. The number of aromatic nitrogens is 2. The van der Waals surface area contributed by atoms with Gasteiger partial charge in [-0.05, 0) is 30.5 Å². The van der Waals surface area contributed by atoms with Gasteiger partial charge in [-0.25, -0.2) is 4.98 Å². The lowest BCUT2D eigenvalue weighted by molar-refractivity contribution is 0.492. The number of fused-ring (bicyclic) bond motifs is 1. The van der Waals surface area contributed by atoms with E-state index < -0.39 is 0 Å². The lowest BCUT2D eigenvalue weighted by atomic mass is 10.1. The molecule has 1 fully saturated rings. The van der Waals surface area contributed by atoms with Crippen LogP contribution < -0.4 is 21.5 Å². The van der Waals surface area contributed by atoms with E-state index in [0.717, 1.165) is 30.0 Å². The second-order valence-corrected chi connectivity index (χ2v) is 8.05. The number of nitriles is 1. The predicted octanol–water partition coefficient (Wildman–Crippen LogP) is 2.35. The van der Waals surface area contributed by atoms with Crippen LogP contribution in [-0.4, -0.2) is 35.7 Å². The van der Waals surface area contributed by atoms with Crippen molar-refractivity contribution in [3.63, 3.8) is 0 Å². The average molecular weight is 395 g/mol. The molecule has 1 aliphatic rings. The van der Waals surface area contributed by atoms with Crippen molar-refractivity contribution < 1.29 is 0 Å². The first kappa shape index (κ1) is 18.5. The molecule has 1 atom stereocenters. The molecule has 28 heavy (non-hydrogen) atoms. The largest absolute Gasteiger partial charge is 0.380 e. The van der Waals surface area contributed by atoms with E-state index in [1.165, 1.54) is 11.3 Å². The number of nitrogens with two attached hydrogens (primary N) is 1. The molecule has 4 rings (SSSR count). The molecule has 0 bridgehead atoms. The van der Waals surface area contributed by atoms with Crippen LogP contribution >= 0.6 is 11.3 Å². The Hall–Kier alpha value is -2.89. The molecule has 8 heteroatoms. The monoisotopic (exact) mass is 394 g/mol. The molecular weight excluding hydrogens is 372 g/mol. The molecule has 0 radical (unpaired) electrons. The number of hydrogen-bond acceptors (Lipinski definition) is 7. The Kier molecular flexibility index (Phi) is 5.03. The highest BCUT2D eigenvalue weighted by Crippen LogP contribution is 2.28. The van der Waals surface area contributed by atoms with Crippen molar-refractivity contribution in [3.05, 3.63) is 51.8 Å². The summed E-state index contributed by atoms with van der Waals surface area (Å²) in [4.78, 5) is 20.3. The summed E-state index contributed by atoms with van der Waals surface area (Å²) >= 11 is 1.40. The van der Waals surface area contributed by atoms with Crippen molar-refractivity contribution in [1.82, 2.24) is 9.55 Å². The standard InChI is InChI=1S/C20H22N6OS/c1-23-17-9-16-18(28-17)19(27)26(11-14-6-3-2-5-13(14)10-21)20(24-16)25-8-4-7-15(22)12-25/h2-3,5-6,9,15,23H,4,7-8,11-12,22H2,1H3. The third-order valence-corrected chi connectivity index (χ3v) is 6.20. The predicted molar refractivity (Wildman–Crippen MR) is 113 cm³/mol. The Morgan fingerprint density at radius 1 is 1.43 bits per heavy atom. The summed E-state index contributed by atoms with van der Waals surface area (Å²) in [6.07, 6.45) is 1.94. The van der Waals surface area contributed by atoms with Crippen molar-refractivity contribution in [3.8, 4) is 6.07 Å². The molecule has 0 spiro atoms. The van der Waals surface area contributed by atoms with Gasteiger partial charge < -0.3 is 16.0 Å². The Morgan fingerprint density at radius 3 is 3.00 bits per heavy atom. The summed E-state index contributed by atoms with van der Waals surface area (Å²) in [7, 11) is 1.83. The molecule has 144 valence electrons. The molecule has 0 aliphatic carbocycles. The Labute approximate surface area is 167 Å². The van der Waals surface area contributed by atoms with Crippen LogP contribution in [0.1, 0.15) is 24.0 Å². The quantitative estimate of drug-likeness (QED) is 0.705. The van der Waals surface area contributed by atoms with Crippen molar-refractivity contribution in [2.45, 2.75) is 25.4 Å².